The Hall–Kier alpha value is -4.50. The molecule has 1 saturated heterocycles. The minimum atomic E-state index is -0.340. The van der Waals surface area contributed by atoms with Gasteiger partial charge in [-0.1, -0.05) is 62.2 Å². The number of amides is 3. The lowest BCUT2D eigenvalue weighted by Gasteiger charge is -2.32. The molecule has 10 heteroatoms. The van der Waals surface area contributed by atoms with Crippen molar-refractivity contribution in [3.8, 4) is 11.4 Å². The van der Waals surface area contributed by atoms with Crippen molar-refractivity contribution >= 4 is 40.7 Å². The van der Waals surface area contributed by atoms with Crippen LogP contribution in [0, 0.1) is 12.8 Å². The first-order valence-electron chi connectivity index (χ1n) is 15.2. The van der Waals surface area contributed by atoms with Crippen molar-refractivity contribution < 1.29 is 14.3 Å². The number of methoxy groups -OCH3 is 1. The second-order valence-corrected chi connectivity index (χ2v) is 13.1. The molecule has 9 nitrogen and oxygen atoms in total. The molecule has 4 aromatic rings. The van der Waals surface area contributed by atoms with E-state index in [0.29, 0.717) is 52.5 Å². The monoisotopic (exact) mass is 628 g/mol. The Morgan fingerprint density at radius 3 is 2.29 bits per heavy atom. The maximum atomic E-state index is 13.2. The summed E-state index contributed by atoms with van der Waals surface area (Å²) in [5, 5.41) is 11.1. The van der Waals surface area contributed by atoms with Gasteiger partial charge in [-0.25, -0.2) is 9.48 Å². The molecular weight excluding hydrogens is 588 g/mol. The molecule has 4 N–H and O–H groups in total. The van der Waals surface area contributed by atoms with Gasteiger partial charge in [0.15, 0.2) is 0 Å². The van der Waals surface area contributed by atoms with Crippen LogP contribution in [-0.2, 0) is 11.8 Å². The van der Waals surface area contributed by atoms with Crippen LogP contribution in [0.5, 0.6) is 5.75 Å². The van der Waals surface area contributed by atoms with E-state index < -0.39 is 0 Å². The van der Waals surface area contributed by atoms with Gasteiger partial charge in [0.05, 0.1) is 34.8 Å². The Balaban J connectivity index is 1.16. The third-order valence-electron chi connectivity index (χ3n) is 8.19. The lowest BCUT2D eigenvalue weighted by Crippen LogP contribution is -2.39. The van der Waals surface area contributed by atoms with Crippen LogP contribution >= 0.6 is 11.6 Å². The summed E-state index contributed by atoms with van der Waals surface area (Å²) in [6.07, 6.45) is 2.69. The molecule has 0 unspecified atom stereocenters. The van der Waals surface area contributed by atoms with Crippen LogP contribution in [-0.4, -0.2) is 46.8 Å². The number of rotatable bonds is 7. The normalized spacial score (nSPS) is 13.9. The van der Waals surface area contributed by atoms with Gasteiger partial charge in [0.2, 0.25) is 0 Å². The van der Waals surface area contributed by atoms with E-state index in [-0.39, 0.29) is 17.4 Å². The molecule has 0 spiro atoms. The number of halogens is 1. The minimum Gasteiger partial charge on any atom is -0.496 e. The van der Waals surface area contributed by atoms with E-state index in [4.69, 9.17) is 27.2 Å². The summed E-state index contributed by atoms with van der Waals surface area (Å²) in [6, 6.07) is 20.7. The predicted octanol–water partition coefficient (Wildman–Crippen LogP) is 7.46. The van der Waals surface area contributed by atoms with Crippen molar-refractivity contribution in [3.05, 3.63) is 94.1 Å². The highest BCUT2D eigenvalue weighted by Crippen LogP contribution is 2.32. The average molecular weight is 629 g/mol. The van der Waals surface area contributed by atoms with Gasteiger partial charge in [-0.15, -0.1) is 0 Å². The van der Waals surface area contributed by atoms with Crippen LogP contribution in [0.4, 0.5) is 22.0 Å². The molecule has 0 saturated carbocycles. The number of aryl methyl sites for hydroxylation is 1. The number of carbonyl (C=O) groups excluding carboxylic acids is 2. The Labute approximate surface area is 269 Å². The number of carbonyl (C=O) groups is 2. The number of aromatic nitrogens is 2. The Kier molecular flexibility index (Phi) is 9.39. The van der Waals surface area contributed by atoms with Crippen LogP contribution in [0.3, 0.4) is 0 Å². The van der Waals surface area contributed by atoms with E-state index >= 15 is 0 Å². The van der Waals surface area contributed by atoms with Crippen molar-refractivity contribution in [3.63, 3.8) is 0 Å². The smallest absolute Gasteiger partial charge is 0.324 e. The van der Waals surface area contributed by atoms with Crippen molar-refractivity contribution in [2.24, 2.45) is 5.92 Å². The lowest BCUT2D eigenvalue weighted by atomic mass is 9.90. The molecule has 45 heavy (non-hydrogen) atoms. The number of urea groups is 1. The van der Waals surface area contributed by atoms with E-state index in [9.17, 15) is 9.59 Å². The highest BCUT2D eigenvalue weighted by atomic mass is 35.5. The van der Waals surface area contributed by atoms with E-state index in [1.54, 1.807) is 16.8 Å². The van der Waals surface area contributed by atoms with Gasteiger partial charge in [0.1, 0.15) is 11.6 Å². The molecule has 3 amide bonds. The molecule has 236 valence electrons. The Morgan fingerprint density at radius 1 is 1.00 bits per heavy atom. The first-order valence-corrected chi connectivity index (χ1v) is 15.6. The van der Waals surface area contributed by atoms with Crippen LogP contribution in [0.15, 0.2) is 66.7 Å². The number of nitrogen functional groups attached to an aromatic ring is 1. The van der Waals surface area contributed by atoms with Gasteiger partial charge in [-0.05, 0) is 68.0 Å². The van der Waals surface area contributed by atoms with Gasteiger partial charge in [-0.3, -0.25) is 10.1 Å². The molecular formula is C35H41ClN6O3. The zero-order chi connectivity index (χ0) is 32.3. The lowest BCUT2D eigenvalue weighted by molar-refractivity contribution is 0.0687. The molecule has 3 aromatic carbocycles. The highest BCUT2D eigenvalue weighted by molar-refractivity contribution is 6.33. The summed E-state index contributed by atoms with van der Waals surface area (Å²) < 4.78 is 7.14. The van der Waals surface area contributed by atoms with E-state index in [1.165, 1.54) is 12.7 Å². The molecule has 0 radical (unpaired) electrons. The van der Waals surface area contributed by atoms with E-state index in [0.717, 1.165) is 36.2 Å². The van der Waals surface area contributed by atoms with Crippen molar-refractivity contribution in [1.29, 1.82) is 0 Å². The largest absolute Gasteiger partial charge is 0.496 e. The molecule has 1 aromatic heterocycles. The number of nitrogens with zero attached hydrogens (tertiary/aromatic N) is 3. The summed E-state index contributed by atoms with van der Waals surface area (Å²) in [7, 11) is 1.52. The highest BCUT2D eigenvalue weighted by Gasteiger charge is 2.27. The molecule has 0 aliphatic carbocycles. The number of likely N-dealkylation sites (tertiary alicyclic amines) is 1. The Bertz CT molecular complexity index is 1670. The fourth-order valence-corrected chi connectivity index (χ4v) is 5.63. The first kappa shape index (κ1) is 31.9. The third-order valence-corrected chi connectivity index (χ3v) is 8.51. The van der Waals surface area contributed by atoms with Crippen molar-refractivity contribution in [2.45, 2.75) is 52.4 Å². The van der Waals surface area contributed by atoms with Gasteiger partial charge >= 0.3 is 6.03 Å². The number of nitrogens with two attached hydrogens (primary N) is 1. The second-order valence-electron chi connectivity index (χ2n) is 12.7. The standard InChI is InChI=1S/C35H41ClN6O3/c1-22-6-12-26(13-7-22)42-32(21-31(40-42)35(2,3)4)39-34(44)38-25-10-8-23(9-11-25)18-24-14-16-41(17-15-24)33(43)27-19-28(36)29(37)20-30(27)45-5/h6-13,19-21,24H,14-18,37H2,1-5H3,(H2,38,39,44). The number of benzene rings is 3. The zero-order valence-corrected chi connectivity index (χ0v) is 27.2. The van der Waals surface area contributed by atoms with E-state index in [1.807, 2.05) is 66.4 Å². The summed E-state index contributed by atoms with van der Waals surface area (Å²) in [5.41, 5.74) is 11.3. The summed E-state index contributed by atoms with van der Waals surface area (Å²) in [6.45, 7) is 9.64. The van der Waals surface area contributed by atoms with Gasteiger partial charge in [0, 0.05) is 36.3 Å². The first-order chi connectivity index (χ1) is 21.4. The van der Waals surface area contributed by atoms with Crippen LogP contribution in [0.2, 0.25) is 5.02 Å². The van der Waals surface area contributed by atoms with Crippen LogP contribution < -0.4 is 21.1 Å². The van der Waals surface area contributed by atoms with Crippen molar-refractivity contribution in [2.75, 3.05) is 36.6 Å². The van der Waals surface area contributed by atoms with Gasteiger partial charge in [-0.2, -0.15) is 5.10 Å². The number of anilines is 3. The number of nitrogens with one attached hydrogen (secondary N) is 2. The molecule has 2 heterocycles. The number of ether oxygens (including phenoxy) is 1. The average Bonchev–Trinajstić information content (AvgIpc) is 3.44. The predicted molar refractivity (Wildman–Crippen MR) is 181 cm³/mol. The summed E-state index contributed by atoms with van der Waals surface area (Å²) in [5.74, 6) is 1.38. The Morgan fingerprint density at radius 2 is 1.67 bits per heavy atom. The summed E-state index contributed by atoms with van der Waals surface area (Å²) in [4.78, 5) is 28.1. The molecule has 0 bridgehead atoms. The molecule has 5 rings (SSSR count). The molecule has 1 aliphatic rings. The van der Waals surface area contributed by atoms with Crippen LogP contribution in [0.1, 0.15) is 60.8 Å². The zero-order valence-electron chi connectivity index (χ0n) is 26.5. The molecule has 1 aliphatic heterocycles. The molecule has 0 atom stereocenters. The number of hydrogen-bond donors (Lipinski definition) is 3. The molecule has 1 fully saturated rings. The summed E-state index contributed by atoms with van der Waals surface area (Å²) >= 11 is 6.18. The third kappa shape index (κ3) is 7.60. The fraction of sp³-hybridized carbons (Fsp3) is 0.343. The second kappa shape index (κ2) is 13.2. The number of piperidine rings is 1. The van der Waals surface area contributed by atoms with Crippen molar-refractivity contribution in [1.82, 2.24) is 14.7 Å². The van der Waals surface area contributed by atoms with Gasteiger partial charge < -0.3 is 20.7 Å². The SMILES string of the molecule is COc1cc(N)c(Cl)cc1C(=O)N1CCC(Cc2ccc(NC(=O)Nc3cc(C(C)(C)C)nn3-c3ccc(C)cc3)cc2)CC1. The maximum Gasteiger partial charge on any atom is 0.324 e. The fourth-order valence-electron chi connectivity index (χ4n) is 5.47. The van der Waals surface area contributed by atoms with Gasteiger partial charge in [0.25, 0.3) is 5.91 Å². The quantitative estimate of drug-likeness (QED) is 0.184. The van der Waals surface area contributed by atoms with E-state index in [2.05, 4.69) is 31.4 Å². The topological polar surface area (TPSA) is 115 Å². The maximum absolute atomic E-state index is 13.2. The van der Waals surface area contributed by atoms with Crippen LogP contribution in [0.25, 0.3) is 5.69 Å². The minimum absolute atomic E-state index is 0.0996. The number of hydrogen-bond acceptors (Lipinski definition) is 5.